The first kappa shape index (κ1) is 12.7. The third-order valence-corrected chi connectivity index (χ3v) is 4.44. The van der Waals surface area contributed by atoms with Gasteiger partial charge in [0.1, 0.15) is 11.4 Å². The molecule has 0 atom stereocenters. The van der Waals surface area contributed by atoms with Crippen molar-refractivity contribution < 1.29 is 0 Å². The molecule has 0 aromatic carbocycles. The fourth-order valence-electron chi connectivity index (χ4n) is 1.65. The van der Waals surface area contributed by atoms with Gasteiger partial charge in [0.15, 0.2) is 0 Å². The van der Waals surface area contributed by atoms with Gasteiger partial charge in [0.05, 0.1) is 12.4 Å². The van der Waals surface area contributed by atoms with Gasteiger partial charge >= 0.3 is 0 Å². The SMILES string of the molecule is c1nnc2nc1-c1cnnc(n1)SCCCCCS2. The summed E-state index contributed by atoms with van der Waals surface area (Å²) in [6.45, 7) is 0. The second-order valence-electron chi connectivity index (χ2n) is 4.01. The van der Waals surface area contributed by atoms with Crippen LogP contribution in [-0.2, 0) is 0 Å². The van der Waals surface area contributed by atoms with E-state index in [1.807, 2.05) is 0 Å². The van der Waals surface area contributed by atoms with E-state index in [0.717, 1.165) is 24.3 Å². The summed E-state index contributed by atoms with van der Waals surface area (Å²) in [5.74, 6) is 2.05. The van der Waals surface area contributed by atoms with Crippen molar-refractivity contribution in [3.05, 3.63) is 12.4 Å². The van der Waals surface area contributed by atoms with Gasteiger partial charge in [0.2, 0.25) is 10.3 Å². The largest absolute Gasteiger partial charge is 0.218 e. The first-order valence-corrected chi connectivity index (χ1v) is 8.04. The second-order valence-corrected chi connectivity index (χ2v) is 6.13. The Morgan fingerprint density at radius 1 is 0.737 bits per heavy atom. The van der Waals surface area contributed by atoms with E-state index in [9.17, 15) is 0 Å². The lowest BCUT2D eigenvalue weighted by atomic mass is 10.3. The zero-order chi connectivity index (χ0) is 12.9. The number of hydrogen-bond acceptors (Lipinski definition) is 8. The molecule has 0 fully saturated rings. The van der Waals surface area contributed by atoms with Gasteiger partial charge in [-0.1, -0.05) is 29.9 Å². The Morgan fingerprint density at radius 3 is 1.79 bits per heavy atom. The Hall–Kier alpha value is -1.28. The summed E-state index contributed by atoms with van der Waals surface area (Å²) in [7, 11) is 0. The molecule has 1 aliphatic rings. The third-order valence-electron chi connectivity index (χ3n) is 2.59. The van der Waals surface area contributed by atoms with Crippen molar-refractivity contribution in [3.63, 3.8) is 0 Å². The molecule has 0 unspecified atom stereocenters. The molecular weight excluding hydrogens is 280 g/mol. The van der Waals surface area contributed by atoms with Crippen LogP contribution < -0.4 is 0 Å². The van der Waals surface area contributed by atoms with Crippen LogP contribution in [0.25, 0.3) is 11.4 Å². The molecule has 1 aliphatic heterocycles. The Balaban J connectivity index is 1.96. The van der Waals surface area contributed by atoms with Crippen LogP contribution in [0.4, 0.5) is 0 Å². The van der Waals surface area contributed by atoms with Gasteiger partial charge in [0.25, 0.3) is 0 Å². The molecule has 0 N–H and O–H groups in total. The Labute approximate surface area is 119 Å². The standard InChI is InChI=1S/C11H12N6S2/c1-2-4-18-10-14-8(6-12-16-10)9-7-13-17-11(15-9)19-5-3-1/h6-7H,1-5H2. The van der Waals surface area contributed by atoms with Crippen LogP contribution in [0.5, 0.6) is 0 Å². The van der Waals surface area contributed by atoms with Gasteiger partial charge in [0, 0.05) is 11.5 Å². The van der Waals surface area contributed by atoms with Crippen LogP contribution in [-0.4, -0.2) is 41.9 Å². The number of rotatable bonds is 0. The Kier molecular flexibility index (Phi) is 4.19. The summed E-state index contributed by atoms with van der Waals surface area (Å²) in [6.07, 6.45) is 6.75. The minimum absolute atomic E-state index is 0.699. The van der Waals surface area contributed by atoms with Gasteiger partial charge < -0.3 is 0 Å². The quantitative estimate of drug-likeness (QED) is 0.730. The van der Waals surface area contributed by atoms with E-state index in [4.69, 9.17) is 0 Å². The smallest absolute Gasteiger partial charge is 0.209 e. The van der Waals surface area contributed by atoms with Crippen molar-refractivity contribution in [2.75, 3.05) is 11.5 Å². The molecule has 8 heteroatoms. The minimum Gasteiger partial charge on any atom is -0.218 e. The van der Waals surface area contributed by atoms with Crippen LogP contribution in [0.15, 0.2) is 22.7 Å². The fraction of sp³-hybridized carbons (Fsp3) is 0.455. The summed E-state index contributed by atoms with van der Waals surface area (Å²) < 4.78 is 0. The van der Waals surface area contributed by atoms with E-state index in [1.54, 1.807) is 35.9 Å². The highest BCUT2D eigenvalue weighted by Gasteiger charge is 2.09. The lowest BCUT2D eigenvalue weighted by molar-refractivity contribution is 0.779. The first-order valence-electron chi connectivity index (χ1n) is 6.07. The number of hydrogen-bond donors (Lipinski definition) is 0. The van der Waals surface area contributed by atoms with Crippen LogP contribution in [0.2, 0.25) is 0 Å². The van der Waals surface area contributed by atoms with Gasteiger partial charge in [-0.15, -0.1) is 10.2 Å². The molecule has 6 nitrogen and oxygen atoms in total. The Bertz CT molecular complexity index is 515. The highest BCUT2D eigenvalue weighted by molar-refractivity contribution is 7.99. The summed E-state index contributed by atoms with van der Waals surface area (Å²) in [5.41, 5.74) is 1.40. The van der Waals surface area contributed by atoms with E-state index >= 15 is 0 Å². The van der Waals surface area contributed by atoms with Crippen molar-refractivity contribution in [1.29, 1.82) is 0 Å². The molecule has 0 saturated carbocycles. The lowest BCUT2D eigenvalue weighted by Crippen LogP contribution is -1.98. The van der Waals surface area contributed by atoms with Crippen molar-refractivity contribution in [2.45, 2.75) is 29.6 Å². The maximum absolute atomic E-state index is 4.46. The maximum atomic E-state index is 4.46. The minimum atomic E-state index is 0.699. The number of fused-ring (bicyclic) bond motifs is 5. The van der Waals surface area contributed by atoms with Crippen molar-refractivity contribution >= 4 is 23.5 Å². The van der Waals surface area contributed by atoms with E-state index < -0.39 is 0 Å². The lowest BCUT2D eigenvalue weighted by Gasteiger charge is -2.01. The zero-order valence-corrected chi connectivity index (χ0v) is 11.8. The van der Waals surface area contributed by atoms with Gasteiger partial charge in [-0.2, -0.15) is 10.2 Å². The summed E-state index contributed by atoms with van der Waals surface area (Å²) in [6, 6.07) is 0. The fourth-order valence-corrected chi connectivity index (χ4v) is 3.25. The first-order chi connectivity index (χ1) is 9.42. The predicted molar refractivity (Wildman–Crippen MR) is 73.9 cm³/mol. The number of nitrogens with zero attached hydrogens (tertiary/aromatic N) is 6. The molecule has 0 saturated heterocycles. The molecule has 4 bridgehead atoms. The number of aromatic nitrogens is 6. The third kappa shape index (κ3) is 3.38. The van der Waals surface area contributed by atoms with E-state index in [0.29, 0.717) is 21.7 Å². The van der Waals surface area contributed by atoms with Gasteiger partial charge in [-0.25, -0.2) is 9.97 Å². The van der Waals surface area contributed by atoms with Crippen LogP contribution >= 0.6 is 23.5 Å². The molecule has 3 heterocycles. The van der Waals surface area contributed by atoms with E-state index in [2.05, 4.69) is 30.4 Å². The molecule has 0 radical (unpaired) electrons. The van der Waals surface area contributed by atoms with Crippen molar-refractivity contribution in [3.8, 4) is 11.4 Å². The monoisotopic (exact) mass is 292 g/mol. The van der Waals surface area contributed by atoms with Gasteiger partial charge in [-0.3, -0.25) is 0 Å². The summed E-state index contributed by atoms with van der Waals surface area (Å²) in [5, 5.41) is 17.4. The van der Waals surface area contributed by atoms with Crippen LogP contribution in [0.1, 0.15) is 19.3 Å². The molecule has 3 rings (SSSR count). The molecule has 2 aromatic heterocycles. The molecule has 2 aromatic rings. The van der Waals surface area contributed by atoms with Crippen LogP contribution in [0.3, 0.4) is 0 Å². The molecule has 0 spiro atoms. The van der Waals surface area contributed by atoms with E-state index in [-0.39, 0.29) is 0 Å². The average Bonchev–Trinajstić information content (AvgIpc) is 2.47. The van der Waals surface area contributed by atoms with Crippen molar-refractivity contribution in [2.24, 2.45) is 0 Å². The maximum Gasteiger partial charge on any atom is 0.209 e. The van der Waals surface area contributed by atoms with Gasteiger partial charge in [-0.05, 0) is 12.8 Å². The second kappa shape index (κ2) is 6.25. The van der Waals surface area contributed by atoms with E-state index in [1.165, 1.54) is 6.42 Å². The molecule has 0 amide bonds. The van der Waals surface area contributed by atoms with Crippen LogP contribution in [0, 0.1) is 0 Å². The summed E-state index contributed by atoms with van der Waals surface area (Å²) >= 11 is 3.28. The Morgan fingerprint density at radius 2 is 1.26 bits per heavy atom. The van der Waals surface area contributed by atoms with Crippen molar-refractivity contribution in [1.82, 2.24) is 30.4 Å². The zero-order valence-electron chi connectivity index (χ0n) is 10.2. The topological polar surface area (TPSA) is 77.3 Å². The normalized spacial score (nSPS) is 16.0. The highest BCUT2D eigenvalue weighted by atomic mass is 32.2. The molecule has 19 heavy (non-hydrogen) atoms. The average molecular weight is 292 g/mol. The molecule has 0 aliphatic carbocycles. The molecular formula is C11H12N6S2. The predicted octanol–water partition coefficient (Wildman–Crippen LogP) is 2.09. The number of thioether (sulfide) groups is 2. The summed E-state index contributed by atoms with van der Waals surface area (Å²) in [4.78, 5) is 8.92. The molecule has 98 valence electrons. The highest BCUT2D eigenvalue weighted by Crippen LogP contribution is 2.22.